The zero-order valence-corrected chi connectivity index (χ0v) is 14.5. The predicted octanol–water partition coefficient (Wildman–Crippen LogP) is 5.30. The molecule has 0 radical (unpaired) electrons. The Hall–Kier alpha value is -1.78. The summed E-state index contributed by atoms with van der Waals surface area (Å²) in [6.45, 7) is 3.08. The largest absolute Gasteiger partial charge is 0.302 e. The molecular weight excluding hydrogens is 326 g/mol. The molecule has 0 unspecified atom stereocenters. The Bertz CT molecular complexity index is 771. The van der Waals surface area contributed by atoms with E-state index in [1.165, 1.54) is 5.56 Å². The smallest absolute Gasteiger partial charge is 0.191 e. The third-order valence-corrected chi connectivity index (χ3v) is 4.73. The van der Waals surface area contributed by atoms with Gasteiger partial charge in [0.15, 0.2) is 11.0 Å². The molecule has 0 aliphatic rings. The first-order valence-corrected chi connectivity index (χ1v) is 9.00. The molecule has 1 heterocycles. The third kappa shape index (κ3) is 3.95. The van der Waals surface area contributed by atoms with Crippen molar-refractivity contribution >= 4 is 23.4 Å². The van der Waals surface area contributed by atoms with Crippen LogP contribution >= 0.6 is 23.4 Å². The maximum atomic E-state index is 6.05. The summed E-state index contributed by atoms with van der Waals surface area (Å²) < 4.78 is 2.20. The summed E-state index contributed by atoms with van der Waals surface area (Å²) in [7, 11) is 0. The van der Waals surface area contributed by atoms with Crippen molar-refractivity contribution in [2.45, 2.75) is 30.8 Å². The Labute approximate surface area is 145 Å². The second-order valence-corrected chi connectivity index (χ2v) is 6.62. The van der Waals surface area contributed by atoms with Crippen molar-refractivity contribution in [3.05, 3.63) is 65.2 Å². The molecule has 0 spiro atoms. The standard InChI is InChI=1S/C18H18ClN3S/c1-2-11-22-17(15-8-4-3-5-9-15)20-21-18(22)23-13-14-7-6-10-16(19)12-14/h3-10,12H,2,11,13H2,1H3. The first-order valence-electron chi connectivity index (χ1n) is 7.64. The second-order valence-electron chi connectivity index (χ2n) is 5.24. The fourth-order valence-electron chi connectivity index (χ4n) is 2.40. The summed E-state index contributed by atoms with van der Waals surface area (Å²) >= 11 is 7.74. The van der Waals surface area contributed by atoms with E-state index in [0.29, 0.717) is 0 Å². The van der Waals surface area contributed by atoms with Gasteiger partial charge in [-0.2, -0.15) is 0 Å². The van der Waals surface area contributed by atoms with Crippen LogP contribution in [0, 0.1) is 0 Å². The molecule has 118 valence electrons. The highest BCUT2D eigenvalue weighted by Gasteiger charge is 2.13. The van der Waals surface area contributed by atoms with Crippen LogP contribution in [0.25, 0.3) is 11.4 Å². The van der Waals surface area contributed by atoms with Crippen molar-refractivity contribution in [1.29, 1.82) is 0 Å². The van der Waals surface area contributed by atoms with Gasteiger partial charge >= 0.3 is 0 Å². The van der Waals surface area contributed by atoms with E-state index in [0.717, 1.165) is 40.3 Å². The van der Waals surface area contributed by atoms with Gasteiger partial charge < -0.3 is 4.57 Å². The summed E-state index contributed by atoms with van der Waals surface area (Å²) in [5.41, 5.74) is 2.29. The summed E-state index contributed by atoms with van der Waals surface area (Å²) in [5.74, 6) is 1.76. The molecule has 0 bridgehead atoms. The van der Waals surface area contributed by atoms with E-state index in [2.05, 4.69) is 39.9 Å². The topological polar surface area (TPSA) is 30.7 Å². The van der Waals surface area contributed by atoms with Gasteiger partial charge in [0.25, 0.3) is 0 Å². The summed E-state index contributed by atoms with van der Waals surface area (Å²) in [6, 6.07) is 18.2. The van der Waals surface area contributed by atoms with E-state index in [4.69, 9.17) is 11.6 Å². The average molecular weight is 344 g/mol. The van der Waals surface area contributed by atoms with E-state index < -0.39 is 0 Å². The van der Waals surface area contributed by atoms with Crippen LogP contribution in [0.1, 0.15) is 18.9 Å². The maximum Gasteiger partial charge on any atom is 0.191 e. The highest BCUT2D eigenvalue weighted by Crippen LogP contribution is 2.27. The van der Waals surface area contributed by atoms with Crippen molar-refractivity contribution in [1.82, 2.24) is 14.8 Å². The molecule has 1 aromatic heterocycles. The zero-order chi connectivity index (χ0) is 16.1. The third-order valence-electron chi connectivity index (χ3n) is 3.45. The maximum absolute atomic E-state index is 6.05. The molecule has 3 rings (SSSR count). The lowest BCUT2D eigenvalue weighted by Gasteiger charge is -2.09. The molecule has 2 aromatic carbocycles. The molecule has 3 nitrogen and oxygen atoms in total. The molecule has 3 aromatic rings. The van der Waals surface area contributed by atoms with Gasteiger partial charge in [-0.1, -0.05) is 72.8 Å². The van der Waals surface area contributed by atoms with Gasteiger partial charge in [0, 0.05) is 22.9 Å². The summed E-state index contributed by atoms with van der Waals surface area (Å²) in [6.07, 6.45) is 1.04. The van der Waals surface area contributed by atoms with Gasteiger partial charge in [0.2, 0.25) is 0 Å². The number of nitrogens with zero attached hydrogens (tertiary/aromatic N) is 3. The molecule has 0 aliphatic carbocycles. The van der Waals surface area contributed by atoms with Crippen LogP contribution in [-0.4, -0.2) is 14.8 Å². The van der Waals surface area contributed by atoms with Crippen LogP contribution in [0.3, 0.4) is 0 Å². The molecule has 0 N–H and O–H groups in total. The molecule has 0 aliphatic heterocycles. The van der Waals surface area contributed by atoms with Crippen LogP contribution < -0.4 is 0 Å². The molecule has 0 saturated heterocycles. The fraction of sp³-hybridized carbons (Fsp3) is 0.222. The highest BCUT2D eigenvalue weighted by molar-refractivity contribution is 7.98. The quantitative estimate of drug-likeness (QED) is 0.569. The van der Waals surface area contributed by atoms with E-state index in [1.54, 1.807) is 11.8 Å². The molecule has 0 fully saturated rings. The minimum atomic E-state index is 0.767. The van der Waals surface area contributed by atoms with E-state index in [1.807, 2.05) is 36.4 Å². The predicted molar refractivity (Wildman–Crippen MR) is 96.8 cm³/mol. The van der Waals surface area contributed by atoms with Crippen molar-refractivity contribution < 1.29 is 0 Å². The van der Waals surface area contributed by atoms with Crippen molar-refractivity contribution in [3.63, 3.8) is 0 Å². The minimum Gasteiger partial charge on any atom is -0.302 e. The van der Waals surface area contributed by atoms with Gasteiger partial charge in [0.05, 0.1) is 0 Å². The van der Waals surface area contributed by atoms with E-state index >= 15 is 0 Å². The number of thioether (sulfide) groups is 1. The summed E-state index contributed by atoms with van der Waals surface area (Å²) in [4.78, 5) is 0. The molecule has 0 atom stereocenters. The van der Waals surface area contributed by atoms with E-state index in [9.17, 15) is 0 Å². The molecule has 23 heavy (non-hydrogen) atoms. The monoisotopic (exact) mass is 343 g/mol. The van der Waals surface area contributed by atoms with Gasteiger partial charge in [-0.3, -0.25) is 0 Å². The minimum absolute atomic E-state index is 0.767. The van der Waals surface area contributed by atoms with Gasteiger partial charge in [-0.25, -0.2) is 0 Å². The highest BCUT2D eigenvalue weighted by atomic mass is 35.5. The number of halogens is 1. The average Bonchev–Trinajstić information content (AvgIpc) is 2.97. The Morgan fingerprint density at radius 3 is 2.61 bits per heavy atom. The van der Waals surface area contributed by atoms with Crippen LogP contribution in [0.5, 0.6) is 0 Å². The SMILES string of the molecule is CCCn1c(SCc2cccc(Cl)c2)nnc1-c1ccccc1. The Kier molecular flexibility index (Phi) is 5.36. The molecular formula is C18H18ClN3S. The molecule has 0 amide bonds. The first kappa shape index (κ1) is 16.1. The van der Waals surface area contributed by atoms with Crippen LogP contribution in [0.2, 0.25) is 5.02 Å². The Balaban J connectivity index is 1.83. The summed E-state index contributed by atoms with van der Waals surface area (Å²) in [5, 5.41) is 10.5. The Morgan fingerprint density at radius 1 is 1.04 bits per heavy atom. The second kappa shape index (κ2) is 7.66. The molecule has 5 heteroatoms. The zero-order valence-electron chi connectivity index (χ0n) is 12.9. The number of aromatic nitrogens is 3. The van der Waals surface area contributed by atoms with E-state index in [-0.39, 0.29) is 0 Å². The number of benzene rings is 2. The number of hydrogen-bond acceptors (Lipinski definition) is 3. The van der Waals surface area contributed by atoms with Gasteiger partial charge in [-0.15, -0.1) is 10.2 Å². The van der Waals surface area contributed by atoms with Gasteiger partial charge in [-0.05, 0) is 24.1 Å². The molecule has 0 saturated carbocycles. The lowest BCUT2D eigenvalue weighted by atomic mass is 10.2. The number of rotatable bonds is 6. The first-order chi connectivity index (χ1) is 11.3. The van der Waals surface area contributed by atoms with Crippen LogP contribution in [0.4, 0.5) is 0 Å². The van der Waals surface area contributed by atoms with Crippen LogP contribution in [-0.2, 0) is 12.3 Å². The van der Waals surface area contributed by atoms with Gasteiger partial charge in [0.1, 0.15) is 0 Å². The number of hydrogen-bond donors (Lipinski definition) is 0. The Morgan fingerprint density at radius 2 is 1.87 bits per heavy atom. The van der Waals surface area contributed by atoms with Crippen LogP contribution in [0.15, 0.2) is 59.8 Å². The van der Waals surface area contributed by atoms with Crippen molar-refractivity contribution in [3.8, 4) is 11.4 Å². The van der Waals surface area contributed by atoms with Crippen molar-refractivity contribution in [2.75, 3.05) is 0 Å². The normalized spacial score (nSPS) is 10.9. The lowest BCUT2D eigenvalue weighted by molar-refractivity contribution is 0.626. The van der Waals surface area contributed by atoms with Crippen molar-refractivity contribution in [2.24, 2.45) is 0 Å². The lowest BCUT2D eigenvalue weighted by Crippen LogP contribution is -2.01. The fourth-order valence-corrected chi connectivity index (χ4v) is 3.52.